The van der Waals surface area contributed by atoms with Crippen LogP contribution >= 0.6 is 0 Å². The Labute approximate surface area is 117 Å². The summed E-state index contributed by atoms with van der Waals surface area (Å²) in [6, 6.07) is 0.135. The Morgan fingerprint density at radius 2 is 2.10 bits per heavy atom. The first-order chi connectivity index (χ1) is 9.60. The van der Waals surface area contributed by atoms with Crippen LogP contribution in [0.3, 0.4) is 0 Å². The van der Waals surface area contributed by atoms with E-state index in [0.717, 1.165) is 12.1 Å². The molecule has 0 amide bonds. The molecule has 20 heavy (non-hydrogen) atoms. The Kier molecular flexibility index (Phi) is 4.24. The van der Waals surface area contributed by atoms with Crippen molar-refractivity contribution in [2.75, 3.05) is 14.2 Å². The summed E-state index contributed by atoms with van der Waals surface area (Å²) in [4.78, 5) is 23.4. The average Bonchev–Trinajstić information content (AvgIpc) is 2.89. The summed E-state index contributed by atoms with van der Waals surface area (Å²) in [5.41, 5.74) is 4.45. The Hall–Kier alpha value is -2.08. The first kappa shape index (κ1) is 14.3. The molecule has 2 aliphatic heterocycles. The van der Waals surface area contributed by atoms with Crippen molar-refractivity contribution in [3.05, 3.63) is 35.4 Å². The van der Waals surface area contributed by atoms with E-state index in [1.54, 1.807) is 24.3 Å². The fourth-order valence-corrected chi connectivity index (χ4v) is 2.15. The molecule has 2 heterocycles. The molecule has 1 unspecified atom stereocenters. The maximum atomic E-state index is 12.2. The third-order valence-electron chi connectivity index (χ3n) is 3.27. The van der Waals surface area contributed by atoms with E-state index >= 15 is 0 Å². The number of Topliss-reactive ketones (excluding diaryl/α,β-unsaturated/α-hetero) is 1. The molecule has 0 aliphatic carbocycles. The standard InChI is InChI=1S/C14H18N2O4/c1-4-9-7-11-10(12(17)8-14(18)20-3)5-6-13(19-2)16(11)15-9/h5-7,9,15H,4,8H2,1-3H3. The van der Waals surface area contributed by atoms with Gasteiger partial charge < -0.3 is 9.47 Å². The second kappa shape index (κ2) is 5.92. The number of allylic oxidation sites excluding steroid dienone is 3. The summed E-state index contributed by atoms with van der Waals surface area (Å²) in [5.74, 6) is -0.192. The topological polar surface area (TPSA) is 67.9 Å². The number of rotatable bonds is 5. The molecule has 6 nitrogen and oxygen atoms in total. The molecule has 0 fully saturated rings. The first-order valence-corrected chi connectivity index (χ1v) is 6.45. The molecule has 0 saturated carbocycles. The molecule has 0 spiro atoms. The maximum absolute atomic E-state index is 12.2. The summed E-state index contributed by atoms with van der Waals surface area (Å²) in [6.07, 6.45) is 5.96. The van der Waals surface area contributed by atoms with Crippen LogP contribution in [0.4, 0.5) is 0 Å². The lowest BCUT2D eigenvalue weighted by Crippen LogP contribution is -2.38. The van der Waals surface area contributed by atoms with Gasteiger partial charge in [-0.1, -0.05) is 6.92 Å². The number of ether oxygens (including phenoxy) is 2. The van der Waals surface area contributed by atoms with Gasteiger partial charge in [-0.2, -0.15) is 0 Å². The Balaban J connectivity index is 2.27. The van der Waals surface area contributed by atoms with Gasteiger partial charge in [0.2, 0.25) is 5.88 Å². The Morgan fingerprint density at radius 3 is 2.70 bits per heavy atom. The first-order valence-electron chi connectivity index (χ1n) is 6.45. The molecule has 0 radical (unpaired) electrons. The molecular formula is C14H18N2O4. The van der Waals surface area contributed by atoms with Crippen molar-refractivity contribution in [3.63, 3.8) is 0 Å². The van der Waals surface area contributed by atoms with Crippen LogP contribution in [0.2, 0.25) is 0 Å². The zero-order valence-electron chi connectivity index (χ0n) is 11.8. The highest BCUT2D eigenvalue weighted by Crippen LogP contribution is 2.30. The minimum Gasteiger partial charge on any atom is -0.481 e. The molecule has 0 saturated heterocycles. The number of methoxy groups -OCH3 is 2. The third kappa shape index (κ3) is 2.60. The molecule has 0 aromatic carbocycles. The van der Waals surface area contributed by atoms with Gasteiger partial charge in [0.1, 0.15) is 6.42 Å². The average molecular weight is 278 g/mol. The number of esters is 1. The van der Waals surface area contributed by atoms with Crippen molar-refractivity contribution in [1.82, 2.24) is 10.4 Å². The number of fused-ring (bicyclic) bond motifs is 1. The molecule has 0 aromatic heterocycles. The molecule has 0 aromatic rings. The highest BCUT2D eigenvalue weighted by molar-refractivity contribution is 6.08. The van der Waals surface area contributed by atoms with Crippen molar-refractivity contribution >= 4 is 11.8 Å². The van der Waals surface area contributed by atoms with Gasteiger partial charge in [-0.05, 0) is 18.6 Å². The summed E-state index contributed by atoms with van der Waals surface area (Å²) in [7, 11) is 2.84. The minimum absolute atomic E-state index is 0.135. The SMILES string of the molecule is CCC1C=C2C(C(=O)CC(=O)OC)=CC=C(OC)N2N1. The van der Waals surface area contributed by atoms with Crippen LogP contribution in [0.15, 0.2) is 35.4 Å². The Morgan fingerprint density at radius 1 is 1.35 bits per heavy atom. The van der Waals surface area contributed by atoms with Crippen molar-refractivity contribution in [2.24, 2.45) is 0 Å². The lowest BCUT2D eigenvalue weighted by atomic mass is 10.0. The van der Waals surface area contributed by atoms with E-state index in [1.807, 2.05) is 13.0 Å². The van der Waals surface area contributed by atoms with Crippen molar-refractivity contribution in [3.8, 4) is 0 Å². The van der Waals surface area contributed by atoms with Gasteiger partial charge in [0.25, 0.3) is 0 Å². The van der Waals surface area contributed by atoms with Gasteiger partial charge >= 0.3 is 5.97 Å². The van der Waals surface area contributed by atoms with Crippen molar-refractivity contribution in [1.29, 1.82) is 0 Å². The second-order valence-electron chi connectivity index (χ2n) is 4.50. The maximum Gasteiger partial charge on any atom is 0.313 e. The van der Waals surface area contributed by atoms with Gasteiger partial charge in [-0.3, -0.25) is 9.59 Å². The van der Waals surface area contributed by atoms with Crippen LogP contribution in [0.5, 0.6) is 0 Å². The summed E-state index contributed by atoms with van der Waals surface area (Å²) < 4.78 is 9.80. The van der Waals surface area contributed by atoms with Crippen molar-refractivity contribution in [2.45, 2.75) is 25.8 Å². The summed E-state index contributed by atoms with van der Waals surface area (Å²) in [6.45, 7) is 2.04. The van der Waals surface area contributed by atoms with Crippen LogP contribution in [0.1, 0.15) is 19.8 Å². The number of nitrogens with zero attached hydrogens (tertiary/aromatic N) is 1. The van der Waals surface area contributed by atoms with Crippen LogP contribution in [0.25, 0.3) is 0 Å². The van der Waals surface area contributed by atoms with Gasteiger partial charge in [-0.15, -0.1) is 0 Å². The fraction of sp³-hybridized carbons (Fsp3) is 0.429. The number of hydrogen-bond acceptors (Lipinski definition) is 6. The van der Waals surface area contributed by atoms with E-state index in [2.05, 4.69) is 10.2 Å². The lowest BCUT2D eigenvalue weighted by Gasteiger charge is -2.28. The van der Waals surface area contributed by atoms with E-state index in [9.17, 15) is 9.59 Å². The zero-order chi connectivity index (χ0) is 14.7. The third-order valence-corrected chi connectivity index (χ3v) is 3.27. The quantitative estimate of drug-likeness (QED) is 0.598. The van der Waals surface area contributed by atoms with Gasteiger partial charge in [0.15, 0.2) is 5.78 Å². The zero-order valence-corrected chi connectivity index (χ0v) is 11.8. The number of carbonyl (C=O) groups is 2. The van der Waals surface area contributed by atoms with Gasteiger partial charge in [0.05, 0.1) is 19.9 Å². The second-order valence-corrected chi connectivity index (χ2v) is 4.50. The van der Waals surface area contributed by atoms with E-state index in [0.29, 0.717) is 11.5 Å². The smallest absolute Gasteiger partial charge is 0.313 e. The summed E-state index contributed by atoms with van der Waals surface area (Å²) in [5, 5.41) is 1.73. The molecule has 2 aliphatic rings. The van der Waals surface area contributed by atoms with E-state index in [-0.39, 0.29) is 18.2 Å². The number of nitrogens with one attached hydrogen (secondary N) is 1. The lowest BCUT2D eigenvalue weighted by molar-refractivity contribution is -0.142. The number of hydrogen-bond donors (Lipinski definition) is 1. The molecule has 1 atom stereocenters. The van der Waals surface area contributed by atoms with Gasteiger partial charge in [-0.25, -0.2) is 10.4 Å². The van der Waals surface area contributed by atoms with E-state index < -0.39 is 5.97 Å². The number of hydrazine groups is 1. The van der Waals surface area contributed by atoms with Crippen LogP contribution in [-0.2, 0) is 19.1 Å². The van der Waals surface area contributed by atoms with Crippen LogP contribution in [0, 0.1) is 0 Å². The normalized spacial score (nSPS) is 20.6. The molecule has 2 rings (SSSR count). The number of carbonyl (C=O) groups excluding carboxylic acids is 2. The predicted molar refractivity (Wildman–Crippen MR) is 72.0 cm³/mol. The number of ketones is 1. The molecular weight excluding hydrogens is 260 g/mol. The molecule has 108 valence electrons. The molecule has 1 N–H and O–H groups in total. The van der Waals surface area contributed by atoms with Crippen molar-refractivity contribution < 1.29 is 19.1 Å². The Bertz CT molecular complexity index is 519. The minimum atomic E-state index is -0.539. The fourth-order valence-electron chi connectivity index (χ4n) is 2.15. The van der Waals surface area contributed by atoms with Gasteiger partial charge in [0, 0.05) is 17.7 Å². The highest BCUT2D eigenvalue weighted by atomic mass is 16.5. The highest BCUT2D eigenvalue weighted by Gasteiger charge is 2.32. The molecule has 6 heteroatoms. The van der Waals surface area contributed by atoms with E-state index in [4.69, 9.17) is 4.74 Å². The van der Waals surface area contributed by atoms with Crippen LogP contribution < -0.4 is 5.43 Å². The molecule has 0 bridgehead atoms. The monoisotopic (exact) mass is 278 g/mol. The van der Waals surface area contributed by atoms with Crippen LogP contribution in [-0.4, -0.2) is 37.0 Å². The largest absolute Gasteiger partial charge is 0.481 e. The summed E-state index contributed by atoms with van der Waals surface area (Å²) >= 11 is 0. The predicted octanol–water partition coefficient (Wildman–Crippen LogP) is 1.03. The van der Waals surface area contributed by atoms with E-state index in [1.165, 1.54) is 7.11 Å².